The zero-order valence-corrected chi connectivity index (χ0v) is 18.3. The van der Waals surface area contributed by atoms with Crippen molar-refractivity contribution in [2.24, 2.45) is 10.9 Å². The van der Waals surface area contributed by atoms with E-state index in [0.29, 0.717) is 38.0 Å². The van der Waals surface area contributed by atoms with Crippen LogP contribution in [-0.2, 0) is 14.6 Å². The molecule has 27 heavy (non-hydrogen) atoms. The van der Waals surface area contributed by atoms with Crippen molar-refractivity contribution in [1.29, 1.82) is 0 Å². The highest BCUT2D eigenvalue weighted by atomic mass is 32.2. The van der Waals surface area contributed by atoms with Gasteiger partial charge in [-0.05, 0) is 38.5 Å². The Balaban J connectivity index is 1.97. The fraction of sp³-hybridized carbons (Fsp3) is 0.947. The Hall–Kier alpha value is -0.860. The van der Waals surface area contributed by atoms with Crippen LogP contribution in [-0.4, -0.2) is 82.3 Å². The normalized spacial score (nSPS) is 22.8. The zero-order valence-electron chi connectivity index (χ0n) is 17.5. The molecule has 2 N–H and O–H groups in total. The summed E-state index contributed by atoms with van der Waals surface area (Å²) < 4.78 is 29.4. The zero-order chi connectivity index (χ0) is 19.9. The summed E-state index contributed by atoms with van der Waals surface area (Å²) in [5.41, 5.74) is 0. The molecule has 2 saturated heterocycles. The summed E-state index contributed by atoms with van der Waals surface area (Å²) in [4.78, 5) is 7.20. The quantitative estimate of drug-likeness (QED) is 0.493. The molecule has 0 radical (unpaired) electrons. The lowest BCUT2D eigenvalue weighted by atomic mass is 9.99. The van der Waals surface area contributed by atoms with Crippen molar-refractivity contribution in [2.45, 2.75) is 57.2 Å². The number of aliphatic imine (C=N–C) groups is 1. The highest BCUT2D eigenvalue weighted by Gasteiger charge is 2.42. The van der Waals surface area contributed by atoms with Gasteiger partial charge in [-0.15, -0.1) is 0 Å². The number of ether oxygens (including phenoxy) is 1. The van der Waals surface area contributed by atoms with Gasteiger partial charge in [0.05, 0.1) is 11.3 Å². The summed E-state index contributed by atoms with van der Waals surface area (Å²) in [6, 6.07) is 0.384. The van der Waals surface area contributed by atoms with Gasteiger partial charge in [0.2, 0.25) is 0 Å². The summed E-state index contributed by atoms with van der Waals surface area (Å²) in [6.45, 7) is 11.9. The van der Waals surface area contributed by atoms with Crippen LogP contribution in [0.25, 0.3) is 0 Å². The maximum atomic E-state index is 12.4. The molecule has 2 aliphatic rings. The van der Waals surface area contributed by atoms with Crippen LogP contribution in [0.15, 0.2) is 4.99 Å². The largest absolute Gasteiger partial charge is 0.381 e. The van der Waals surface area contributed by atoms with Crippen LogP contribution >= 0.6 is 0 Å². The molecule has 0 saturated carbocycles. The lowest BCUT2D eigenvalue weighted by Gasteiger charge is -2.35. The van der Waals surface area contributed by atoms with E-state index in [4.69, 9.17) is 4.74 Å². The van der Waals surface area contributed by atoms with Gasteiger partial charge >= 0.3 is 0 Å². The van der Waals surface area contributed by atoms with E-state index < -0.39 is 14.6 Å². The Morgan fingerprint density at radius 2 is 1.89 bits per heavy atom. The van der Waals surface area contributed by atoms with Gasteiger partial charge in [0.15, 0.2) is 15.8 Å². The number of piperidine rings is 1. The average Bonchev–Trinajstić information content (AvgIpc) is 2.61. The van der Waals surface area contributed by atoms with E-state index in [0.717, 1.165) is 45.0 Å². The molecule has 2 rings (SSSR count). The molecule has 7 nitrogen and oxygen atoms in total. The number of rotatable bonds is 7. The van der Waals surface area contributed by atoms with Gasteiger partial charge in [-0.3, -0.25) is 4.99 Å². The Labute approximate surface area is 165 Å². The molecule has 0 spiro atoms. The standard InChI is InChI=1S/C19H38N4O3S/c1-5-20-18(22-17-6-10-23(11-7-17)14-16(2)3)21-15-19(27(4,24)25)8-12-26-13-9-19/h16-17H,5-15H2,1-4H3,(H2,20,21,22). The lowest BCUT2D eigenvalue weighted by molar-refractivity contribution is 0.0768. The number of hydrogen-bond acceptors (Lipinski definition) is 5. The SMILES string of the molecule is CCNC(=NCC1(S(C)(=O)=O)CCOCC1)NC1CCN(CC(C)C)CC1. The molecule has 0 unspecified atom stereocenters. The van der Waals surface area contributed by atoms with Gasteiger partial charge in [-0.25, -0.2) is 8.42 Å². The van der Waals surface area contributed by atoms with E-state index >= 15 is 0 Å². The lowest BCUT2D eigenvalue weighted by Crippen LogP contribution is -2.50. The third-order valence-corrected chi connectivity index (χ3v) is 7.72. The van der Waals surface area contributed by atoms with Crippen molar-refractivity contribution in [3.05, 3.63) is 0 Å². The maximum Gasteiger partial charge on any atom is 0.191 e. The Morgan fingerprint density at radius 1 is 1.26 bits per heavy atom. The minimum Gasteiger partial charge on any atom is -0.381 e. The van der Waals surface area contributed by atoms with E-state index in [-0.39, 0.29) is 6.54 Å². The monoisotopic (exact) mass is 402 g/mol. The van der Waals surface area contributed by atoms with Crippen molar-refractivity contribution in [1.82, 2.24) is 15.5 Å². The molecule has 8 heteroatoms. The number of likely N-dealkylation sites (tertiary alicyclic amines) is 1. The molecule has 2 aliphatic heterocycles. The minimum atomic E-state index is -3.20. The Bertz CT molecular complexity index is 578. The molecule has 0 bridgehead atoms. The average molecular weight is 403 g/mol. The topological polar surface area (TPSA) is 83.0 Å². The Morgan fingerprint density at radius 3 is 2.41 bits per heavy atom. The second-order valence-electron chi connectivity index (χ2n) is 8.38. The molecular formula is C19H38N4O3S. The van der Waals surface area contributed by atoms with Gasteiger partial charge < -0.3 is 20.3 Å². The molecule has 0 aromatic carbocycles. The first-order chi connectivity index (χ1) is 12.8. The first-order valence-corrected chi connectivity index (χ1v) is 12.2. The van der Waals surface area contributed by atoms with Crippen LogP contribution in [0.1, 0.15) is 46.5 Å². The van der Waals surface area contributed by atoms with Crippen molar-refractivity contribution in [3.8, 4) is 0 Å². The summed E-state index contributed by atoms with van der Waals surface area (Å²) in [6.07, 6.45) is 4.54. The molecular weight excluding hydrogens is 364 g/mol. The highest BCUT2D eigenvalue weighted by Crippen LogP contribution is 2.29. The van der Waals surface area contributed by atoms with Crippen LogP contribution in [0, 0.1) is 5.92 Å². The van der Waals surface area contributed by atoms with Crippen molar-refractivity contribution in [2.75, 3.05) is 52.2 Å². The van der Waals surface area contributed by atoms with E-state index in [1.807, 2.05) is 6.92 Å². The summed E-state index contributed by atoms with van der Waals surface area (Å²) in [5, 5.41) is 6.81. The van der Waals surface area contributed by atoms with Gasteiger partial charge in [-0.2, -0.15) is 0 Å². The summed E-state index contributed by atoms with van der Waals surface area (Å²) in [7, 11) is -3.20. The molecule has 0 aromatic heterocycles. The third kappa shape index (κ3) is 6.61. The van der Waals surface area contributed by atoms with E-state index in [9.17, 15) is 8.42 Å². The van der Waals surface area contributed by atoms with Gasteiger partial charge in [-0.1, -0.05) is 13.8 Å². The van der Waals surface area contributed by atoms with E-state index in [1.54, 1.807) is 0 Å². The maximum absolute atomic E-state index is 12.4. The van der Waals surface area contributed by atoms with Crippen LogP contribution < -0.4 is 10.6 Å². The van der Waals surface area contributed by atoms with Crippen molar-refractivity contribution in [3.63, 3.8) is 0 Å². The van der Waals surface area contributed by atoms with E-state index in [2.05, 4.69) is 34.4 Å². The molecule has 0 amide bonds. The molecule has 2 fully saturated rings. The number of hydrogen-bond donors (Lipinski definition) is 2. The van der Waals surface area contributed by atoms with Crippen LogP contribution in [0.4, 0.5) is 0 Å². The molecule has 0 atom stereocenters. The molecule has 0 aromatic rings. The third-order valence-electron chi connectivity index (χ3n) is 5.61. The molecule has 2 heterocycles. The first kappa shape index (κ1) is 22.4. The second-order valence-corrected chi connectivity index (χ2v) is 10.8. The molecule has 0 aliphatic carbocycles. The number of nitrogens with one attached hydrogen (secondary N) is 2. The van der Waals surface area contributed by atoms with Gasteiger partial charge in [0.1, 0.15) is 0 Å². The number of nitrogens with zero attached hydrogens (tertiary/aromatic N) is 2. The Kier molecular flexibility index (Phi) is 8.37. The second kappa shape index (κ2) is 10.1. The minimum absolute atomic E-state index is 0.288. The predicted octanol–water partition coefficient (Wildman–Crippen LogP) is 1.26. The summed E-state index contributed by atoms with van der Waals surface area (Å²) in [5.74, 6) is 1.43. The highest BCUT2D eigenvalue weighted by molar-refractivity contribution is 7.92. The van der Waals surface area contributed by atoms with Crippen LogP contribution in [0.2, 0.25) is 0 Å². The summed E-state index contributed by atoms with van der Waals surface area (Å²) >= 11 is 0. The predicted molar refractivity (Wildman–Crippen MR) is 111 cm³/mol. The van der Waals surface area contributed by atoms with Crippen molar-refractivity contribution < 1.29 is 13.2 Å². The van der Waals surface area contributed by atoms with Crippen molar-refractivity contribution >= 4 is 15.8 Å². The fourth-order valence-electron chi connectivity index (χ4n) is 3.90. The number of sulfone groups is 1. The number of guanidine groups is 1. The molecule has 158 valence electrons. The van der Waals surface area contributed by atoms with Crippen LogP contribution in [0.3, 0.4) is 0 Å². The van der Waals surface area contributed by atoms with Crippen LogP contribution in [0.5, 0.6) is 0 Å². The van der Waals surface area contributed by atoms with Gasteiger partial charge in [0.25, 0.3) is 0 Å². The first-order valence-electron chi connectivity index (χ1n) is 10.3. The van der Waals surface area contributed by atoms with Gasteiger partial charge in [0, 0.05) is 51.7 Å². The smallest absolute Gasteiger partial charge is 0.191 e. The van der Waals surface area contributed by atoms with E-state index in [1.165, 1.54) is 6.26 Å². The fourth-order valence-corrected chi connectivity index (χ4v) is 5.11.